The lowest BCUT2D eigenvalue weighted by Crippen LogP contribution is -2.01. The standard InChI is InChI=1S/C6H7N3O2/c10-5-11-4-1-6-7-2-3-8-9-6/h2-3,5H,1,4H2. The van der Waals surface area contributed by atoms with Crippen molar-refractivity contribution in [3.63, 3.8) is 0 Å². The summed E-state index contributed by atoms with van der Waals surface area (Å²) < 4.78 is 4.45. The number of carbonyl (C=O) groups excluding carboxylic acids is 1. The Balaban J connectivity index is 2.33. The van der Waals surface area contributed by atoms with Crippen molar-refractivity contribution in [2.24, 2.45) is 0 Å². The molecule has 1 aromatic rings. The van der Waals surface area contributed by atoms with Gasteiger partial charge in [0.05, 0.1) is 12.8 Å². The molecule has 0 aliphatic heterocycles. The van der Waals surface area contributed by atoms with Gasteiger partial charge in [-0.3, -0.25) is 4.79 Å². The molecule has 1 heterocycles. The van der Waals surface area contributed by atoms with Gasteiger partial charge in [-0.05, 0) is 0 Å². The van der Waals surface area contributed by atoms with Crippen LogP contribution in [0.2, 0.25) is 0 Å². The van der Waals surface area contributed by atoms with Gasteiger partial charge in [-0.15, -0.1) is 5.10 Å². The van der Waals surface area contributed by atoms with Crippen molar-refractivity contribution in [2.45, 2.75) is 6.42 Å². The van der Waals surface area contributed by atoms with E-state index in [0.29, 0.717) is 25.3 Å². The zero-order chi connectivity index (χ0) is 7.94. The molecular formula is C6H7N3O2. The number of hydrogen-bond donors (Lipinski definition) is 0. The van der Waals surface area contributed by atoms with E-state index < -0.39 is 0 Å². The number of rotatable bonds is 4. The maximum Gasteiger partial charge on any atom is 0.293 e. The molecule has 0 saturated heterocycles. The van der Waals surface area contributed by atoms with Crippen LogP contribution in [0.25, 0.3) is 0 Å². The van der Waals surface area contributed by atoms with E-state index >= 15 is 0 Å². The Morgan fingerprint density at radius 1 is 1.55 bits per heavy atom. The molecule has 1 rings (SSSR count). The number of ether oxygens (including phenoxy) is 1. The second-order valence-electron chi connectivity index (χ2n) is 1.78. The molecule has 0 aliphatic rings. The molecule has 0 atom stereocenters. The Kier molecular flexibility index (Phi) is 2.98. The van der Waals surface area contributed by atoms with Gasteiger partial charge in [0.25, 0.3) is 6.47 Å². The van der Waals surface area contributed by atoms with E-state index in [2.05, 4.69) is 19.9 Å². The summed E-state index contributed by atoms with van der Waals surface area (Å²) in [7, 11) is 0. The van der Waals surface area contributed by atoms with Crippen molar-refractivity contribution in [1.29, 1.82) is 0 Å². The van der Waals surface area contributed by atoms with E-state index in [9.17, 15) is 4.79 Å². The highest BCUT2D eigenvalue weighted by Crippen LogP contribution is 1.86. The van der Waals surface area contributed by atoms with E-state index in [1.54, 1.807) is 6.20 Å². The van der Waals surface area contributed by atoms with Crippen LogP contribution >= 0.6 is 0 Å². The molecular weight excluding hydrogens is 146 g/mol. The first-order valence-corrected chi connectivity index (χ1v) is 3.11. The fourth-order valence-electron chi connectivity index (χ4n) is 0.588. The lowest BCUT2D eigenvalue weighted by molar-refractivity contribution is -0.128. The van der Waals surface area contributed by atoms with Gasteiger partial charge in [0.15, 0.2) is 5.82 Å². The maximum absolute atomic E-state index is 9.72. The third-order valence-electron chi connectivity index (χ3n) is 1.04. The van der Waals surface area contributed by atoms with Gasteiger partial charge < -0.3 is 4.74 Å². The molecule has 1 aromatic heterocycles. The van der Waals surface area contributed by atoms with Crippen molar-refractivity contribution in [3.05, 3.63) is 18.2 Å². The summed E-state index contributed by atoms with van der Waals surface area (Å²) in [5.74, 6) is 0.578. The quantitative estimate of drug-likeness (QED) is 0.434. The molecule has 0 aliphatic carbocycles. The van der Waals surface area contributed by atoms with Crippen molar-refractivity contribution in [2.75, 3.05) is 6.61 Å². The van der Waals surface area contributed by atoms with Gasteiger partial charge in [-0.25, -0.2) is 4.98 Å². The highest BCUT2D eigenvalue weighted by molar-refractivity contribution is 5.36. The van der Waals surface area contributed by atoms with Crippen LogP contribution in [-0.2, 0) is 16.0 Å². The summed E-state index contributed by atoms with van der Waals surface area (Å²) in [6.45, 7) is 0.700. The van der Waals surface area contributed by atoms with E-state index in [0.717, 1.165) is 0 Å². The zero-order valence-corrected chi connectivity index (χ0v) is 5.80. The minimum absolute atomic E-state index is 0.301. The molecule has 0 saturated carbocycles. The molecule has 0 N–H and O–H groups in total. The van der Waals surface area contributed by atoms with Crippen LogP contribution in [0.1, 0.15) is 5.82 Å². The second-order valence-corrected chi connectivity index (χ2v) is 1.78. The van der Waals surface area contributed by atoms with E-state index in [4.69, 9.17) is 0 Å². The monoisotopic (exact) mass is 153 g/mol. The van der Waals surface area contributed by atoms with Crippen LogP contribution in [0, 0.1) is 0 Å². The first-order chi connectivity index (χ1) is 5.43. The molecule has 0 amide bonds. The summed E-state index contributed by atoms with van der Waals surface area (Å²) in [4.78, 5) is 13.6. The van der Waals surface area contributed by atoms with Crippen LogP contribution in [0.15, 0.2) is 12.4 Å². The molecule has 11 heavy (non-hydrogen) atoms. The van der Waals surface area contributed by atoms with Crippen molar-refractivity contribution < 1.29 is 9.53 Å². The minimum atomic E-state index is 0.301. The molecule has 0 bridgehead atoms. The molecule has 0 fully saturated rings. The van der Waals surface area contributed by atoms with E-state index in [1.165, 1.54) is 6.20 Å². The summed E-state index contributed by atoms with van der Waals surface area (Å²) in [6, 6.07) is 0. The van der Waals surface area contributed by atoms with Crippen molar-refractivity contribution >= 4 is 6.47 Å². The molecule has 58 valence electrons. The molecule has 5 nitrogen and oxygen atoms in total. The summed E-state index contributed by atoms with van der Waals surface area (Å²) in [5.41, 5.74) is 0. The number of aromatic nitrogens is 3. The van der Waals surface area contributed by atoms with Crippen molar-refractivity contribution in [1.82, 2.24) is 15.2 Å². The molecule has 5 heteroatoms. The SMILES string of the molecule is O=COCCc1nccnn1. The highest BCUT2D eigenvalue weighted by Gasteiger charge is 1.93. The van der Waals surface area contributed by atoms with Crippen LogP contribution in [0.5, 0.6) is 0 Å². The Morgan fingerprint density at radius 3 is 3.09 bits per heavy atom. The topological polar surface area (TPSA) is 65.0 Å². The summed E-state index contributed by atoms with van der Waals surface area (Å²) >= 11 is 0. The van der Waals surface area contributed by atoms with E-state index in [1.807, 2.05) is 0 Å². The fraction of sp³-hybridized carbons (Fsp3) is 0.333. The molecule has 0 unspecified atom stereocenters. The van der Waals surface area contributed by atoms with Crippen LogP contribution < -0.4 is 0 Å². The van der Waals surface area contributed by atoms with Gasteiger partial charge in [0.1, 0.15) is 0 Å². The zero-order valence-electron chi connectivity index (χ0n) is 5.80. The highest BCUT2D eigenvalue weighted by atomic mass is 16.5. The normalized spacial score (nSPS) is 9.09. The first-order valence-electron chi connectivity index (χ1n) is 3.11. The predicted molar refractivity (Wildman–Crippen MR) is 35.5 cm³/mol. The average Bonchev–Trinajstić information content (AvgIpc) is 2.07. The van der Waals surface area contributed by atoms with Gasteiger partial charge in [0, 0.05) is 12.6 Å². The Bertz CT molecular complexity index is 214. The minimum Gasteiger partial charge on any atom is -0.467 e. The number of carbonyl (C=O) groups is 1. The van der Waals surface area contributed by atoms with E-state index in [-0.39, 0.29) is 0 Å². The molecule has 0 aromatic carbocycles. The predicted octanol–water partition coefficient (Wildman–Crippen LogP) is -0.413. The maximum atomic E-state index is 9.72. The van der Waals surface area contributed by atoms with Gasteiger partial charge in [0.2, 0.25) is 0 Å². The summed E-state index contributed by atoms with van der Waals surface area (Å²) in [6.07, 6.45) is 3.54. The van der Waals surface area contributed by atoms with Gasteiger partial charge in [-0.1, -0.05) is 0 Å². The lowest BCUT2D eigenvalue weighted by Gasteiger charge is -1.95. The fourth-order valence-corrected chi connectivity index (χ4v) is 0.588. The largest absolute Gasteiger partial charge is 0.467 e. The Labute approximate surface area is 63.4 Å². The number of nitrogens with zero attached hydrogens (tertiary/aromatic N) is 3. The van der Waals surface area contributed by atoms with Crippen LogP contribution in [0.4, 0.5) is 0 Å². The lowest BCUT2D eigenvalue weighted by atomic mass is 10.4. The second kappa shape index (κ2) is 4.32. The third kappa shape index (κ3) is 2.70. The Hall–Kier alpha value is -1.52. The summed E-state index contributed by atoms with van der Waals surface area (Å²) in [5, 5.41) is 7.30. The van der Waals surface area contributed by atoms with Gasteiger partial charge >= 0.3 is 0 Å². The van der Waals surface area contributed by atoms with Crippen molar-refractivity contribution in [3.8, 4) is 0 Å². The number of hydrogen-bond acceptors (Lipinski definition) is 5. The first kappa shape index (κ1) is 7.59. The molecule has 0 spiro atoms. The third-order valence-corrected chi connectivity index (χ3v) is 1.04. The van der Waals surface area contributed by atoms with Crippen LogP contribution in [0.3, 0.4) is 0 Å². The molecule has 0 radical (unpaired) electrons. The van der Waals surface area contributed by atoms with Crippen LogP contribution in [-0.4, -0.2) is 28.3 Å². The smallest absolute Gasteiger partial charge is 0.293 e. The average molecular weight is 153 g/mol. The Morgan fingerprint density at radius 2 is 2.45 bits per heavy atom. The van der Waals surface area contributed by atoms with Gasteiger partial charge in [-0.2, -0.15) is 5.10 Å².